The van der Waals surface area contributed by atoms with Crippen molar-refractivity contribution in [2.45, 2.75) is 20.3 Å². The van der Waals surface area contributed by atoms with Crippen molar-refractivity contribution in [3.63, 3.8) is 0 Å². The molecule has 2 atom stereocenters. The number of nitrogens with one attached hydrogen (secondary N) is 1. The highest BCUT2D eigenvalue weighted by Gasteiger charge is 2.25. The van der Waals surface area contributed by atoms with Crippen LogP contribution in [0.15, 0.2) is 36.5 Å². The van der Waals surface area contributed by atoms with Crippen LogP contribution in [0.5, 0.6) is 0 Å². The molecule has 1 saturated heterocycles. The fraction of sp³-hybridized carbons (Fsp3) is 0.421. The van der Waals surface area contributed by atoms with E-state index in [4.69, 9.17) is 9.97 Å². The molecule has 0 amide bonds. The molecule has 130 valence electrons. The molecule has 0 aliphatic carbocycles. The maximum absolute atomic E-state index is 4.85. The van der Waals surface area contributed by atoms with Gasteiger partial charge in [0, 0.05) is 25.8 Å². The first-order chi connectivity index (χ1) is 12.1. The van der Waals surface area contributed by atoms with Gasteiger partial charge in [0.2, 0.25) is 5.95 Å². The Labute approximate surface area is 147 Å². The third-order valence-corrected chi connectivity index (χ3v) is 4.77. The van der Waals surface area contributed by atoms with Crippen LogP contribution in [0.1, 0.15) is 20.3 Å². The van der Waals surface area contributed by atoms with Gasteiger partial charge in [0.15, 0.2) is 5.65 Å². The summed E-state index contributed by atoms with van der Waals surface area (Å²) in [5, 5.41) is 8.74. The van der Waals surface area contributed by atoms with Crippen LogP contribution in [0.3, 0.4) is 0 Å². The number of nitrogens with zero attached hydrogens (tertiary/aromatic N) is 5. The molecular formula is C19H24N6. The van der Waals surface area contributed by atoms with Gasteiger partial charge in [-0.05, 0) is 30.4 Å². The summed E-state index contributed by atoms with van der Waals surface area (Å²) in [5.41, 5.74) is 1.87. The second-order valence-corrected chi connectivity index (χ2v) is 7.22. The zero-order valence-electron chi connectivity index (χ0n) is 15.0. The predicted molar refractivity (Wildman–Crippen MR) is 101 cm³/mol. The second-order valence-electron chi connectivity index (χ2n) is 7.22. The minimum Gasteiger partial charge on any atom is -0.340 e. The Kier molecular flexibility index (Phi) is 4.03. The van der Waals surface area contributed by atoms with Crippen molar-refractivity contribution in [1.82, 2.24) is 19.7 Å². The van der Waals surface area contributed by atoms with Crippen molar-refractivity contribution in [1.29, 1.82) is 0 Å². The third kappa shape index (κ3) is 3.16. The SMILES string of the molecule is C[C@H]1C[C@H](C)CN(c2nc(Nc3ccccc3)c3cnn(C)c3n2)C1. The largest absolute Gasteiger partial charge is 0.340 e. The van der Waals surface area contributed by atoms with Gasteiger partial charge in [-0.2, -0.15) is 15.1 Å². The Morgan fingerprint density at radius 2 is 1.76 bits per heavy atom. The Morgan fingerprint density at radius 3 is 2.48 bits per heavy atom. The molecule has 4 rings (SSSR count). The molecule has 2 aromatic heterocycles. The van der Waals surface area contributed by atoms with E-state index in [2.05, 4.69) is 29.2 Å². The highest BCUT2D eigenvalue weighted by molar-refractivity contribution is 5.89. The van der Waals surface area contributed by atoms with Gasteiger partial charge in [-0.1, -0.05) is 32.0 Å². The quantitative estimate of drug-likeness (QED) is 0.792. The topological polar surface area (TPSA) is 58.9 Å². The lowest BCUT2D eigenvalue weighted by molar-refractivity contribution is 0.354. The van der Waals surface area contributed by atoms with Gasteiger partial charge in [-0.25, -0.2) is 0 Å². The number of piperidine rings is 1. The van der Waals surface area contributed by atoms with Gasteiger partial charge in [0.05, 0.1) is 11.6 Å². The van der Waals surface area contributed by atoms with E-state index in [9.17, 15) is 0 Å². The molecule has 3 heterocycles. The molecule has 0 unspecified atom stereocenters. The first kappa shape index (κ1) is 15.9. The van der Waals surface area contributed by atoms with Gasteiger partial charge in [0.25, 0.3) is 0 Å². The highest BCUT2D eigenvalue weighted by atomic mass is 15.3. The van der Waals surface area contributed by atoms with Crippen LogP contribution in [-0.2, 0) is 7.05 Å². The lowest BCUT2D eigenvalue weighted by Gasteiger charge is -2.35. The summed E-state index contributed by atoms with van der Waals surface area (Å²) in [6, 6.07) is 10.1. The number of benzene rings is 1. The average Bonchev–Trinajstić information content (AvgIpc) is 2.96. The number of fused-ring (bicyclic) bond motifs is 1. The van der Waals surface area contributed by atoms with Crippen molar-refractivity contribution < 1.29 is 0 Å². The monoisotopic (exact) mass is 336 g/mol. The molecule has 3 aromatic rings. The van der Waals surface area contributed by atoms with E-state index < -0.39 is 0 Å². The van der Waals surface area contributed by atoms with E-state index in [0.717, 1.165) is 41.6 Å². The van der Waals surface area contributed by atoms with Crippen LogP contribution < -0.4 is 10.2 Å². The molecule has 1 aliphatic heterocycles. The van der Waals surface area contributed by atoms with E-state index in [1.807, 2.05) is 48.3 Å². The van der Waals surface area contributed by atoms with Crippen molar-refractivity contribution in [2.24, 2.45) is 18.9 Å². The first-order valence-electron chi connectivity index (χ1n) is 8.87. The zero-order chi connectivity index (χ0) is 17.4. The van der Waals surface area contributed by atoms with Gasteiger partial charge in [-0.3, -0.25) is 4.68 Å². The summed E-state index contributed by atoms with van der Waals surface area (Å²) in [7, 11) is 1.92. The van der Waals surface area contributed by atoms with E-state index >= 15 is 0 Å². The molecule has 25 heavy (non-hydrogen) atoms. The summed E-state index contributed by atoms with van der Waals surface area (Å²) >= 11 is 0. The second kappa shape index (κ2) is 6.35. The number of aryl methyl sites for hydroxylation is 1. The fourth-order valence-electron chi connectivity index (χ4n) is 3.73. The molecule has 0 saturated carbocycles. The Bertz CT molecular complexity index is 862. The summed E-state index contributed by atoms with van der Waals surface area (Å²) < 4.78 is 1.81. The van der Waals surface area contributed by atoms with E-state index in [-0.39, 0.29) is 0 Å². The molecule has 1 aliphatic rings. The van der Waals surface area contributed by atoms with Crippen LogP contribution in [0, 0.1) is 11.8 Å². The summed E-state index contributed by atoms with van der Waals surface area (Å²) in [6.45, 7) is 6.60. The van der Waals surface area contributed by atoms with Crippen LogP contribution in [-0.4, -0.2) is 32.8 Å². The number of hydrogen-bond donors (Lipinski definition) is 1. The van der Waals surface area contributed by atoms with Crippen LogP contribution in [0.25, 0.3) is 11.0 Å². The lowest BCUT2D eigenvalue weighted by atomic mass is 9.92. The standard InChI is InChI=1S/C19H24N6/c1-13-9-14(2)12-25(11-13)19-22-17(21-15-7-5-4-6-8-15)16-10-20-24(3)18(16)23-19/h4-8,10,13-14H,9,11-12H2,1-3H3,(H,21,22,23)/t13-,14-/m0/s1. The van der Waals surface area contributed by atoms with E-state index in [0.29, 0.717) is 11.8 Å². The molecule has 6 heteroatoms. The number of rotatable bonds is 3. The first-order valence-corrected chi connectivity index (χ1v) is 8.87. The normalized spacial score (nSPS) is 20.8. The van der Waals surface area contributed by atoms with E-state index in [1.54, 1.807) is 0 Å². The van der Waals surface area contributed by atoms with Gasteiger partial charge < -0.3 is 10.2 Å². The number of hydrogen-bond acceptors (Lipinski definition) is 5. The molecule has 1 fully saturated rings. The maximum atomic E-state index is 4.85. The third-order valence-electron chi connectivity index (χ3n) is 4.77. The minimum absolute atomic E-state index is 0.653. The summed E-state index contributed by atoms with van der Waals surface area (Å²) in [4.78, 5) is 12.0. The number of para-hydroxylation sites is 1. The Morgan fingerprint density at radius 1 is 1.04 bits per heavy atom. The number of aromatic nitrogens is 4. The molecule has 0 radical (unpaired) electrons. The highest BCUT2D eigenvalue weighted by Crippen LogP contribution is 2.29. The molecule has 1 aromatic carbocycles. The average molecular weight is 336 g/mol. The van der Waals surface area contributed by atoms with Crippen LogP contribution >= 0.6 is 0 Å². The van der Waals surface area contributed by atoms with Gasteiger partial charge in [0.1, 0.15) is 5.82 Å². The van der Waals surface area contributed by atoms with Crippen molar-refractivity contribution >= 4 is 28.5 Å². The fourth-order valence-corrected chi connectivity index (χ4v) is 3.73. The Hall–Kier alpha value is -2.63. The van der Waals surface area contributed by atoms with Gasteiger partial charge >= 0.3 is 0 Å². The smallest absolute Gasteiger partial charge is 0.229 e. The summed E-state index contributed by atoms with van der Waals surface area (Å²) in [6.07, 6.45) is 3.09. The van der Waals surface area contributed by atoms with Crippen LogP contribution in [0.2, 0.25) is 0 Å². The zero-order valence-corrected chi connectivity index (χ0v) is 15.0. The Balaban J connectivity index is 1.76. The molecular weight excluding hydrogens is 312 g/mol. The van der Waals surface area contributed by atoms with Crippen LogP contribution in [0.4, 0.5) is 17.5 Å². The molecule has 1 N–H and O–H groups in total. The van der Waals surface area contributed by atoms with Crippen molar-refractivity contribution in [3.8, 4) is 0 Å². The number of anilines is 3. The van der Waals surface area contributed by atoms with E-state index in [1.165, 1.54) is 6.42 Å². The summed E-state index contributed by atoms with van der Waals surface area (Å²) in [5.74, 6) is 2.90. The predicted octanol–water partition coefficient (Wildman–Crippen LogP) is 3.59. The van der Waals surface area contributed by atoms with Gasteiger partial charge in [-0.15, -0.1) is 0 Å². The minimum atomic E-state index is 0.653. The lowest BCUT2D eigenvalue weighted by Crippen LogP contribution is -2.39. The molecule has 0 spiro atoms. The maximum Gasteiger partial charge on any atom is 0.229 e. The van der Waals surface area contributed by atoms with Crippen molar-refractivity contribution in [3.05, 3.63) is 36.5 Å². The molecule has 0 bridgehead atoms. The molecule has 6 nitrogen and oxygen atoms in total. The van der Waals surface area contributed by atoms with Crippen molar-refractivity contribution in [2.75, 3.05) is 23.3 Å².